The van der Waals surface area contributed by atoms with Crippen molar-refractivity contribution in [2.24, 2.45) is 0 Å². The molecular formula is C17H20N4O2. The number of rotatable bonds is 4. The Morgan fingerprint density at radius 2 is 2.13 bits per heavy atom. The molecular weight excluding hydrogens is 292 g/mol. The van der Waals surface area contributed by atoms with Crippen molar-refractivity contribution in [3.63, 3.8) is 0 Å². The minimum atomic E-state index is -1.05. The van der Waals surface area contributed by atoms with Crippen LogP contribution in [0.1, 0.15) is 34.9 Å². The normalized spacial score (nSPS) is 17.3. The van der Waals surface area contributed by atoms with Gasteiger partial charge in [-0.25, -0.2) is 14.8 Å². The first kappa shape index (κ1) is 15.3. The van der Waals surface area contributed by atoms with Gasteiger partial charge in [0.15, 0.2) is 5.69 Å². The topological polar surface area (TPSA) is 69.6 Å². The predicted octanol–water partition coefficient (Wildman–Crippen LogP) is 2.58. The Labute approximate surface area is 135 Å². The summed E-state index contributed by atoms with van der Waals surface area (Å²) in [5.41, 5.74) is 2.39. The molecule has 1 aromatic carbocycles. The lowest BCUT2D eigenvalue weighted by Crippen LogP contribution is -2.24. The van der Waals surface area contributed by atoms with Crippen molar-refractivity contribution in [3.8, 4) is 0 Å². The van der Waals surface area contributed by atoms with E-state index in [9.17, 15) is 4.79 Å². The van der Waals surface area contributed by atoms with Crippen molar-refractivity contribution in [1.29, 1.82) is 0 Å². The lowest BCUT2D eigenvalue weighted by molar-refractivity contribution is 0.0690. The van der Waals surface area contributed by atoms with E-state index in [1.54, 1.807) is 6.20 Å². The number of carbonyl (C=O) groups is 1. The first-order valence-electron chi connectivity index (χ1n) is 7.65. The van der Waals surface area contributed by atoms with E-state index in [-0.39, 0.29) is 11.7 Å². The number of aromatic carboxylic acids is 1. The number of benzene rings is 1. The monoisotopic (exact) mass is 312 g/mol. The van der Waals surface area contributed by atoms with Gasteiger partial charge in [0.2, 0.25) is 0 Å². The van der Waals surface area contributed by atoms with E-state index in [0.29, 0.717) is 0 Å². The second-order valence-corrected chi connectivity index (χ2v) is 5.91. The molecule has 0 amide bonds. The molecule has 0 spiro atoms. The molecule has 0 radical (unpaired) electrons. The van der Waals surface area contributed by atoms with Gasteiger partial charge in [0.1, 0.15) is 5.82 Å². The van der Waals surface area contributed by atoms with Crippen LogP contribution in [-0.2, 0) is 0 Å². The number of hydrogen-bond donors (Lipinski definition) is 1. The van der Waals surface area contributed by atoms with E-state index < -0.39 is 5.97 Å². The van der Waals surface area contributed by atoms with E-state index in [2.05, 4.69) is 44.0 Å². The first-order valence-corrected chi connectivity index (χ1v) is 7.65. The van der Waals surface area contributed by atoms with Crippen LogP contribution in [-0.4, -0.2) is 41.7 Å². The molecule has 1 saturated heterocycles. The number of aromatic nitrogens is 2. The second kappa shape index (κ2) is 6.24. The maximum absolute atomic E-state index is 10.9. The molecule has 2 aromatic rings. The van der Waals surface area contributed by atoms with Gasteiger partial charge in [-0.3, -0.25) is 0 Å². The number of anilines is 2. The summed E-state index contributed by atoms with van der Waals surface area (Å²) in [6, 6.07) is 8.74. The molecule has 2 heterocycles. The quantitative estimate of drug-likeness (QED) is 0.936. The van der Waals surface area contributed by atoms with Gasteiger partial charge >= 0.3 is 5.97 Å². The van der Waals surface area contributed by atoms with E-state index >= 15 is 0 Å². The van der Waals surface area contributed by atoms with Crippen LogP contribution in [0.15, 0.2) is 36.7 Å². The van der Waals surface area contributed by atoms with Gasteiger partial charge in [-0.2, -0.15) is 0 Å². The van der Waals surface area contributed by atoms with Crippen LogP contribution in [0, 0.1) is 0 Å². The summed E-state index contributed by atoms with van der Waals surface area (Å²) in [6.07, 6.45) is 5.01. The summed E-state index contributed by atoms with van der Waals surface area (Å²) >= 11 is 0. The molecule has 3 rings (SSSR count). The number of carboxylic acids is 1. The van der Waals surface area contributed by atoms with Crippen molar-refractivity contribution in [2.75, 3.05) is 30.4 Å². The van der Waals surface area contributed by atoms with E-state index in [1.165, 1.54) is 17.4 Å². The first-order chi connectivity index (χ1) is 11.1. The summed E-state index contributed by atoms with van der Waals surface area (Å²) in [5.74, 6) is -0.325. The molecule has 1 atom stereocenters. The van der Waals surface area contributed by atoms with Gasteiger partial charge in [0.25, 0.3) is 0 Å². The molecule has 1 N–H and O–H groups in total. The Balaban J connectivity index is 1.88. The molecule has 0 aliphatic carbocycles. The molecule has 23 heavy (non-hydrogen) atoms. The Kier molecular flexibility index (Phi) is 4.14. The molecule has 6 nitrogen and oxygen atoms in total. The standard InChI is InChI=1S/C17H20N4O2/c1-20(2)13-6-3-5-12(9-13)15-7-4-8-21(15)16-11-18-14(10-19-16)17(22)23/h3,5-6,9-11,15H,4,7-8H2,1-2H3,(H,22,23). The third kappa shape index (κ3) is 3.11. The summed E-state index contributed by atoms with van der Waals surface area (Å²) < 4.78 is 0. The lowest BCUT2D eigenvalue weighted by atomic mass is 10.0. The van der Waals surface area contributed by atoms with Crippen LogP contribution >= 0.6 is 0 Å². The number of carboxylic acid groups (broad SMARTS) is 1. The highest BCUT2D eigenvalue weighted by Crippen LogP contribution is 2.35. The molecule has 0 bridgehead atoms. The highest BCUT2D eigenvalue weighted by Gasteiger charge is 2.27. The third-order valence-electron chi connectivity index (χ3n) is 4.18. The van der Waals surface area contributed by atoms with Crippen LogP contribution in [0.5, 0.6) is 0 Å². The summed E-state index contributed by atoms with van der Waals surface area (Å²) in [4.78, 5) is 23.5. The van der Waals surface area contributed by atoms with Crippen molar-refractivity contribution in [3.05, 3.63) is 47.9 Å². The van der Waals surface area contributed by atoms with Gasteiger partial charge < -0.3 is 14.9 Å². The zero-order valence-electron chi connectivity index (χ0n) is 13.3. The van der Waals surface area contributed by atoms with E-state index in [4.69, 9.17) is 5.11 Å². The van der Waals surface area contributed by atoms with E-state index in [1.807, 2.05) is 14.1 Å². The molecule has 1 fully saturated rings. The van der Waals surface area contributed by atoms with E-state index in [0.717, 1.165) is 25.2 Å². The fraction of sp³-hybridized carbons (Fsp3) is 0.353. The molecule has 1 aliphatic heterocycles. The zero-order chi connectivity index (χ0) is 16.4. The SMILES string of the molecule is CN(C)c1cccc(C2CCCN2c2cnc(C(=O)O)cn2)c1. The predicted molar refractivity (Wildman–Crippen MR) is 89.1 cm³/mol. The Morgan fingerprint density at radius 1 is 1.30 bits per heavy atom. The largest absolute Gasteiger partial charge is 0.476 e. The molecule has 1 aromatic heterocycles. The second-order valence-electron chi connectivity index (χ2n) is 5.91. The van der Waals surface area contributed by atoms with Gasteiger partial charge in [0.05, 0.1) is 18.4 Å². The van der Waals surface area contributed by atoms with Gasteiger partial charge in [-0.1, -0.05) is 12.1 Å². The van der Waals surface area contributed by atoms with Crippen LogP contribution in [0.2, 0.25) is 0 Å². The molecule has 1 unspecified atom stereocenters. The van der Waals surface area contributed by atoms with Crippen LogP contribution in [0.3, 0.4) is 0 Å². The number of nitrogens with zero attached hydrogens (tertiary/aromatic N) is 4. The van der Waals surface area contributed by atoms with Gasteiger partial charge in [0, 0.05) is 26.3 Å². The van der Waals surface area contributed by atoms with Crippen molar-refractivity contribution in [1.82, 2.24) is 9.97 Å². The van der Waals surface area contributed by atoms with Crippen molar-refractivity contribution < 1.29 is 9.90 Å². The molecule has 6 heteroatoms. The average molecular weight is 312 g/mol. The number of hydrogen-bond acceptors (Lipinski definition) is 5. The van der Waals surface area contributed by atoms with Gasteiger partial charge in [-0.05, 0) is 30.5 Å². The average Bonchev–Trinajstić information content (AvgIpc) is 3.04. The summed E-state index contributed by atoms with van der Waals surface area (Å²) in [5, 5.41) is 8.93. The van der Waals surface area contributed by atoms with Crippen molar-refractivity contribution in [2.45, 2.75) is 18.9 Å². The minimum Gasteiger partial charge on any atom is -0.476 e. The molecule has 120 valence electrons. The third-order valence-corrected chi connectivity index (χ3v) is 4.18. The highest BCUT2D eigenvalue weighted by molar-refractivity contribution is 5.84. The van der Waals surface area contributed by atoms with Crippen LogP contribution < -0.4 is 9.80 Å². The Morgan fingerprint density at radius 3 is 2.78 bits per heavy atom. The van der Waals surface area contributed by atoms with Gasteiger partial charge in [-0.15, -0.1) is 0 Å². The Bertz CT molecular complexity index is 700. The zero-order valence-corrected chi connectivity index (χ0v) is 13.3. The summed E-state index contributed by atoms with van der Waals surface area (Å²) in [7, 11) is 4.06. The minimum absolute atomic E-state index is 0.0286. The van der Waals surface area contributed by atoms with Crippen LogP contribution in [0.25, 0.3) is 0 Å². The molecule has 0 saturated carbocycles. The maximum atomic E-state index is 10.9. The summed E-state index contributed by atoms with van der Waals surface area (Å²) in [6.45, 7) is 0.901. The van der Waals surface area contributed by atoms with Crippen LogP contribution in [0.4, 0.5) is 11.5 Å². The molecule has 1 aliphatic rings. The fourth-order valence-electron chi connectivity index (χ4n) is 2.98. The smallest absolute Gasteiger partial charge is 0.356 e. The highest BCUT2D eigenvalue weighted by atomic mass is 16.4. The van der Waals surface area contributed by atoms with Crippen molar-refractivity contribution >= 4 is 17.5 Å². The maximum Gasteiger partial charge on any atom is 0.356 e. The fourth-order valence-corrected chi connectivity index (χ4v) is 2.98. The lowest BCUT2D eigenvalue weighted by Gasteiger charge is -2.26. The Hall–Kier alpha value is -2.63.